The van der Waals surface area contributed by atoms with Crippen molar-refractivity contribution in [2.45, 2.75) is 43.5 Å². The third-order valence-corrected chi connectivity index (χ3v) is 7.54. The highest BCUT2D eigenvalue weighted by atomic mass is 79.9. The number of alkyl halides is 3. The van der Waals surface area contributed by atoms with Crippen LogP contribution in [0, 0.1) is 6.92 Å². The highest BCUT2D eigenvalue weighted by molar-refractivity contribution is 9.10. The van der Waals surface area contributed by atoms with Crippen LogP contribution >= 0.6 is 27.9 Å². The predicted molar refractivity (Wildman–Crippen MR) is 138 cm³/mol. The molecule has 0 spiro atoms. The summed E-state index contributed by atoms with van der Waals surface area (Å²) in [4.78, 5) is 5.98. The lowest BCUT2D eigenvalue weighted by Crippen LogP contribution is -2.18. The second-order valence-corrected chi connectivity index (χ2v) is 10.6. The van der Waals surface area contributed by atoms with E-state index in [-0.39, 0.29) is 5.75 Å². The number of rotatable bonds is 7. The van der Waals surface area contributed by atoms with Crippen molar-refractivity contribution in [3.05, 3.63) is 94.1 Å². The van der Waals surface area contributed by atoms with Crippen LogP contribution in [-0.4, -0.2) is 11.3 Å². The van der Waals surface area contributed by atoms with Gasteiger partial charge in [-0.05, 0) is 84.5 Å². The molecule has 0 saturated heterocycles. The van der Waals surface area contributed by atoms with E-state index in [0.29, 0.717) is 12.5 Å². The van der Waals surface area contributed by atoms with Gasteiger partial charge < -0.3 is 4.74 Å². The summed E-state index contributed by atoms with van der Waals surface area (Å²) in [6, 6.07) is 20.5. The number of aromatic nitrogens is 1. The quantitative estimate of drug-likeness (QED) is 0.211. The Balaban J connectivity index is 1.54. The number of pyridine rings is 1. The van der Waals surface area contributed by atoms with Crippen LogP contribution in [0.1, 0.15) is 35.4 Å². The SMILES string of the molecule is Cc1cc(Br)ccc1SN(Cc1ccc(OC(F)(F)F)cc1)c1ncc2ccccc2c1C1CC1. The van der Waals surface area contributed by atoms with Crippen LogP contribution in [0.2, 0.25) is 0 Å². The molecule has 0 atom stereocenters. The molecule has 0 N–H and O–H groups in total. The van der Waals surface area contributed by atoms with E-state index in [2.05, 4.69) is 56.2 Å². The molecule has 1 saturated carbocycles. The first-order valence-corrected chi connectivity index (χ1v) is 12.8. The Labute approximate surface area is 214 Å². The average molecular weight is 559 g/mol. The molecular formula is C27H22BrF3N2OS. The lowest BCUT2D eigenvalue weighted by molar-refractivity contribution is -0.274. The second-order valence-electron chi connectivity index (χ2n) is 8.59. The van der Waals surface area contributed by atoms with E-state index >= 15 is 0 Å². The predicted octanol–water partition coefficient (Wildman–Crippen LogP) is 8.80. The first kappa shape index (κ1) is 24.0. The summed E-state index contributed by atoms with van der Waals surface area (Å²) in [5.41, 5.74) is 3.22. The maximum Gasteiger partial charge on any atom is 0.573 e. The van der Waals surface area contributed by atoms with Crippen LogP contribution in [-0.2, 0) is 6.54 Å². The molecule has 1 heterocycles. The zero-order chi connectivity index (χ0) is 24.6. The standard InChI is InChI=1S/C27H22BrF3N2OS/c1-17-14-21(28)10-13-24(17)35-33(16-18-6-11-22(12-7-18)34-27(29,30)31)26-25(19-8-9-19)23-5-3-2-4-20(23)15-32-26/h2-7,10-15,19H,8-9,16H2,1H3. The van der Waals surface area contributed by atoms with Gasteiger partial charge in [0.25, 0.3) is 0 Å². The summed E-state index contributed by atoms with van der Waals surface area (Å²) < 4.78 is 45.0. The van der Waals surface area contributed by atoms with Crippen molar-refractivity contribution in [3.63, 3.8) is 0 Å². The molecule has 1 aliphatic carbocycles. The largest absolute Gasteiger partial charge is 0.573 e. The number of benzene rings is 3. The van der Waals surface area contributed by atoms with Gasteiger partial charge in [-0.3, -0.25) is 4.31 Å². The molecule has 0 bridgehead atoms. The molecule has 180 valence electrons. The minimum absolute atomic E-state index is 0.230. The number of ether oxygens (including phenoxy) is 1. The summed E-state index contributed by atoms with van der Waals surface area (Å²) >= 11 is 5.12. The number of anilines is 1. The molecule has 8 heteroatoms. The van der Waals surface area contributed by atoms with E-state index in [0.717, 1.165) is 44.5 Å². The maximum absolute atomic E-state index is 12.6. The van der Waals surface area contributed by atoms with E-state index in [1.165, 1.54) is 23.1 Å². The van der Waals surface area contributed by atoms with Gasteiger partial charge in [-0.1, -0.05) is 52.3 Å². The fourth-order valence-electron chi connectivity index (χ4n) is 4.10. The van der Waals surface area contributed by atoms with Gasteiger partial charge in [0.2, 0.25) is 0 Å². The number of hydrogen-bond donors (Lipinski definition) is 0. The highest BCUT2D eigenvalue weighted by Crippen LogP contribution is 2.48. The molecule has 3 aromatic carbocycles. The van der Waals surface area contributed by atoms with Crippen LogP contribution in [0.15, 0.2) is 82.3 Å². The van der Waals surface area contributed by atoms with Crippen molar-refractivity contribution in [1.82, 2.24) is 4.98 Å². The Morgan fingerprint density at radius 2 is 1.80 bits per heavy atom. The van der Waals surface area contributed by atoms with E-state index in [1.807, 2.05) is 24.4 Å². The lowest BCUT2D eigenvalue weighted by Gasteiger charge is -2.26. The van der Waals surface area contributed by atoms with Gasteiger partial charge in [0, 0.05) is 26.5 Å². The van der Waals surface area contributed by atoms with Crippen LogP contribution in [0.5, 0.6) is 5.75 Å². The smallest absolute Gasteiger partial charge is 0.406 e. The normalized spacial score (nSPS) is 13.7. The maximum atomic E-state index is 12.6. The minimum atomic E-state index is -4.71. The Kier molecular flexibility index (Phi) is 6.68. The van der Waals surface area contributed by atoms with E-state index < -0.39 is 6.36 Å². The molecule has 0 unspecified atom stereocenters. The van der Waals surface area contributed by atoms with Gasteiger partial charge in [0.05, 0.1) is 6.54 Å². The van der Waals surface area contributed by atoms with Crippen LogP contribution < -0.4 is 9.04 Å². The molecule has 5 rings (SSSR count). The summed E-state index contributed by atoms with van der Waals surface area (Å²) in [5, 5.41) is 2.31. The van der Waals surface area contributed by atoms with Crippen molar-refractivity contribution in [2.24, 2.45) is 0 Å². The van der Waals surface area contributed by atoms with Crippen LogP contribution in [0.3, 0.4) is 0 Å². The molecule has 0 amide bonds. The topological polar surface area (TPSA) is 25.4 Å². The summed E-state index contributed by atoms with van der Waals surface area (Å²) in [6.07, 6.45) is -0.556. The molecule has 0 aliphatic heterocycles. The number of nitrogens with zero attached hydrogens (tertiary/aromatic N) is 2. The fraction of sp³-hybridized carbons (Fsp3) is 0.222. The van der Waals surface area contributed by atoms with Gasteiger partial charge in [-0.25, -0.2) is 4.98 Å². The summed E-state index contributed by atoms with van der Waals surface area (Å²) in [5.74, 6) is 1.13. The average Bonchev–Trinajstić information content (AvgIpc) is 3.65. The van der Waals surface area contributed by atoms with E-state index in [1.54, 1.807) is 24.1 Å². The van der Waals surface area contributed by atoms with Gasteiger partial charge in [0.1, 0.15) is 11.6 Å². The van der Waals surface area contributed by atoms with Crippen molar-refractivity contribution in [3.8, 4) is 5.75 Å². The number of hydrogen-bond acceptors (Lipinski definition) is 4. The van der Waals surface area contributed by atoms with Crippen molar-refractivity contribution < 1.29 is 17.9 Å². The Morgan fingerprint density at radius 3 is 2.49 bits per heavy atom. The van der Waals surface area contributed by atoms with Gasteiger partial charge in [-0.2, -0.15) is 0 Å². The van der Waals surface area contributed by atoms with Gasteiger partial charge >= 0.3 is 6.36 Å². The first-order chi connectivity index (χ1) is 16.8. The minimum Gasteiger partial charge on any atom is -0.406 e. The zero-order valence-corrected chi connectivity index (χ0v) is 21.3. The van der Waals surface area contributed by atoms with E-state index in [9.17, 15) is 13.2 Å². The van der Waals surface area contributed by atoms with E-state index in [4.69, 9.17) is 4.98 Å². The molecule has 1 aliphatic rings. The Hall–Kier alpha value is -2.71. The number of fused-ring (bicyclic) bond motifs is 1. The molecule has 1 aromatic heterocycles. The highest BCUT2D eigenvalue weighted by Gasteiger charge is 2.32. The van der Waals surface area contributed by atoms with Crippen molar-refractivity contribution in [1.29, 1.82) is 0 Å². The zero-order valence-electron chi connectivity index (χ0n) is 18.8. The van der Waals surface area contributed by atoms with Crippen molar-refractivity contribution >= 4 is 44.5 Å². The number of halogens is 4. The molecule has 1 fully saturated rings. The Bertz CT molecular complexity index is 1360. The molecule has 4 aromatic rings. The van der Waals surface area contributed by atoms with Crippen LogP contribution in [0.25, 0.3) is 10.8 Å². The summed E-state index contributed by atoms with van der Waals surface area (Å²) in [6.45, 7) is 2.53. The third-order valence-electron chi connectivity index (χ3n) is 5.87. The van der Waals surface area contributed by atoms with Crippen molar-refractivity contribution in [2.75, 3.05) is 4.31 Å². The molecule has 35 heavy (non-hydrogen) atoms. The fourth-order valence-corrected chi connectivity index (χ4v) is 5.59. The first-order valence-electron chi connectivity index (χ1n) is 11.2. The number of aryl methyl sites for hydroxylation is 1. The second kappa shape index (κ2) is 9.74. The molecule has 0 radical (unpaired) electrons. The summed E-state index contributed by atoms with van der Waals surface area (Å²) in [7, 11) is 0. The molecular weight excluding hydrogens is 537 g/mol. The molecule has 3 nitrogen and oxygen atoms in total. The third kappa shape index (κ3) is 5.76. The lowest BCUT2D eigenvalue weighted by atomic mass is 10.0. The Morgan fingerprint density at radius 1 is 1.06 bits per heavy atom. The monoisotopic (exact) mass is 558 g/mol. The van der Waals surface area contributed by atoms with Gasteiger partial charge in [0.15, 0.2) is 0 Å². The van der Waals surface area contributed by atoms with Gasteiger partial charge in [-0.15, -0.1) is 13.2 Å². The van der Waals surface area contributed by atoms with Crippen LogP contribution in [0.4, 0.5) is 19.0 Å².